The number of pyridine rings is 1. The Kier molecular flexibility index (Phi) is 4.60. The standard InChI is InChI=1S/C10H14ClNS/c1-8-3-4-10(12-7-8)13-9(2)5-6-11/h3-4,7,9H,5-6H2,1-2H3. The normalized spacial score (nSPS) is 12.8. The summed E-state index contributed by atoms with van der Waals surface area (Å²) in [5, 5.41) is 1.64. The number of aryl methyl sites for hydroxylation is 1. The third kappa shape index (κ3) is 4.01. The molecule has 1 nitrogen and oxygen atoms in total. The molecule has 1 rings (SSSR count). The van der Waals surface area contributed by atoms with Crippen LogP contribution < -0.4 is 0 Å². The molecule has 1 aromatic heterocycles. The predicted molar refractivity (Wildman–Crippen MR) is 59.6 cm³/mol. The van der Waals surface area contributed by atoms with Crippen LogP contribution in [0.25, 0.3) is 0 Å². The van der Waals surface area contributed by atoms with Crippen LogP contribution >= 0.6 is 23.4 Å². The van der Waals surface area contributed by atoms with Crippen molar-refractivity contribution in [2.24, 2.45) is 0 Å². The summed E-state index contributed by atoms with van der Waals surface area (Å²) < 4.78 is 0. The maximum atomic E-state index is 5.65. The Hall–Kier alpha value is -0.210. The van der Waals surface area contributed by atoms with E-state index in [1.807, 2.05) is 13.1 Å². The summed E-state index contributed by atoms with van der Waals surface area (Å²) in [5.74, 6) is 0.722. The Morgan fingerprint density at radius 2 is 2.31 bits per heavy atom. The van der Waals surface area contributed by atoms with Crippen LogP contribution in [0.15, 0.2) is 23.4 Å². The highest BCUT2D eigenvalue weighted by Crippen LogP contribution is 2.23. The molecule has 0 amide bonds. The second-order valence-electron chi connectivity index (χ2n) is 3.08. The Labute approximate surface area is 88.9 Å². The molecule has 0 radical (unpaired) electrons. The number of aromatic nitrogens is 1. The summed E-state index contributed by atoms with van der Waals surface area (Å²) in [7, 11) is 0. The lowest BCUT2D eigenvalue weighted by Crippen LogP contribution is -1.97. The zero-order chi connectivity index (χ0) is 9.68. The lowest BCUT2D eigenvalue weighted by atomic mass is 10.3. The highest BCUT2D eigenvalue weighted by Gasteiger charge is 2.03. The fourth-order valence-corrected chi connectivity index (χ4v) is 2.31. The Morgan fingerprint density at radius 3 is 2.85 bits per heavy atom. The summed E-state index contributed by atoms with van der Waals surface area (Å²) >= 11 is 7.44. The van der Waals surface area contributed by atoms with Crippen molar-refractivity contribution in [2.75, 3.05) is 5.88 Å². The van der Waals surface area contributed by atoms with Crippen LogP contribution in [0.1, 0.15) is 18.9 Å². The number of thioether (sulfide) groups is 1. The smallest absolute Gasteiger partial charge is 0.0962 e. The highest BCUT2D eigenvalue weighted by molar-refractivity contribution is 7.99. The first-order valence-electron chi connectivity index (χ1n) is 4.37. The Balaban J connectivity index is 2.49. The highest BCUT2D eigenvalue weighted by atomic mass is 35.5. The fraction of sp³-hybridized carbons (Fsp3) is 0.500. The van der Waals surface area contributed by atoms with Crippen molar-refractivity contribution in [2.45, 2.75) is 30.5 Å². The number of nitrogens with zero attached hydrogens (tertiary/aromatic N) is 1. The lowest BCUT2D eigenvalue weighted by Gasteiger charge is -2.07. The van der Waals surface area contributed by atoms with Gasteiger partial charge in [0.25, 0.3) is 0 Å². The number of hydrogen-bond acceptors (Lipinski definition) is 2. The fourth-order valence-electron chi connectivity index (χ4n) is 0.943. The van der Waals surface area contributed by atoms with Gasteiger partial charge in [0.2, 0.25) is 0 Å². The summed E-state index contributed by atoms with van der Waals surface area (Å²) in [6.45, 7) is 4.22. The van der Waals surface area contributed by atoms with Gasteiger partial charge < -0.3 is 0 Å². The van der Waals surface area contributed by atoms with E-state index in [2.05, 4.69) is 24.0 Å². The molecular weight excluding hydrogens is 202 g/mol. The third-order valence-electron chi connectivity index (χ3n) is 1.72. The van der Waals surface area contributed by atoms with Crippen LogP contribution in [0.5, 0.6) is 0 Å². The molecule has 72 valence electrons. The third-order valence-corrected chi connectivity index (χ3v) is 3.06. The molecule has 0 aliphatic rings. The first-order valence-corrected chi connectivity index (χ1v) is 5.79. The van der Waals surface area contributed by atoms with Gasteiger partial charge in [-0.25, -0.2) is 4.98 Å². The van der Waals surface area contributed by atoms with Gasteiger partial charge in [0.15, 0.2) is 0 Å². The molecular formula is C10H14ClNS. The van der Waals surface area contributed by atoms with Gasteiger partial charge in [-0.05, 0) is 25.0 Å². The Bertz CT molecular complexity index is 248. The van der Waals surface area contributed by atoms with E-state index in [4.69, 9.17) is 11.6 Å². The first-order chi connectivity index (χ1) is 6.22. The van der Waals surface area contributed by atoms with Gasteiger partial charge in [0.1, 0.15) is 0 Å². The van der Waals surface area contributed by atoms with Crippen LogP contribution in [0, 0.1) is 6.92 Å². The van der Waals surface area contributed by atoms with Gasteiger partial charge in [0, 0.05) is 17.3 Å². The van der Waals surface area contributed by atoms with Crippen LogP contribution in [-0.4, -0.2) is 16.1 Å². The second-order valence-corrected chi connectivity index (χ2v) is 4.92. The maximum Gasteiger partial charge on any atom is 0.0962 e. The summed E-state index contributed by atoms with van der Waals surface area (Å²) in [4.78, 5) is 4.32. The van der Waals surface area contributed by atoms with E-state index in [0.717, 1.165) is 17.3 Å². The molecule has 0 saturated heterocycles. The molecule has 0 N–H and O–H groups in total. The molecule has 1 unspecified atom stereocenters. The van der Waals surface area contributed by atoms with Crippen LogP contribution in [0.2, 0.25) is 0 Å². The van der Waals surface area contributed by atoms with E-state index in [0.29, 0.717) is 5.25 Å². The molecule has 0 spiro atoms. The zero-order valence-electron chi connectivity index (χ0n) is 7.96. The molecule has 0 aliphatic heterocycles. The minimum atomic E-state index is 0.549. The van der Waals surface area contributed by atoms with Crippen molar-refractivity contribution in [3.8, 4) is 0 Å². The van der Waals surface area contributed by atoms with Crippen LogP contribution in [-0.2, 0) is 0 Å². The van der Waals surface area contributed by atoms with E-state index in [1.54, 1.807) is 11.8 Å². The largest absolute Gasteiger partial charge is 0.250 e. The first kappa shape index (κ1) is 10.9. The van der Waals surface area contributed by atoms with E-state index >= 15 is 0 Å². The van der Waals surface area contributed by atoms with Gasteiger partial charge in [0.05, 0.1) is 5.03 Å². The van der Waals surface area contributed by atoms with E-state index in [9.17, 15) is 0 Å². The van der Waals surface area contributed by atoms with Crippen LogP contribution in [0.4, 0.5) is 0 Å². The summed E-state index contributed by atoms with van der Waals surface area (Å²) in [6, 6.07) is 4.15. The average Bonchev–Trinajstić information content (AvgIpc) is 2.09. The quantitative estimate of drug-likeness (QED) is 0.563. The van der Waals surface area contributed by atoms with Crippen molar-refractivity contribution in [1.82, 2.24) is 4.98 Å². The average molecular weight is 216 g/mol. The number of rotatable bonds is 4. The number of hydrogen-bond donors (Lipinski definition) is 0. The van der Waals surface area contributed by atoms with E-state index < -0.39 is 0 Å². The predicted octanol–water partition coefficient (Wildman–Crippen LogP) is 3.50. The molecule has 0 saturated carbocycles. The summed E-state index contributed by atoms with van der Waals surface area (Å²) in [6.07, 6.45) is 2.93. The molecule has 1 heterocycles. The molecule has 0 aliphatic carbocycles. The monoisotopic (exact) mass is 215 g/mol. The molecule has 13 heavy (non-hydrogen) atoms. The van der Waals surface area contributed by atoms with Crippen molar-refractivity contribution >= 4 is 23.4 Å². The molecule has 0 fully saturated rings. The Morgan fingerprint density at radius 1 is 1.54 bits per heavy atom. The topological polar surface area (TPSA) is 12.9 Å². The SMILES string of the molecule is Cc1ccc(SC(C)CCCl)nc1. The van der Waals surface area contributed by atoms with Crippen molar-refractivity contribution in [3.05, 3.63) is 23.9 Å². The van der Waals surface area contributed by atoms with Crippen molar-refractivity contribution in [3.63, 3.8) is 0 Å². The minimum absolute atomic E-state index is 0.549. The van der Waals surface area contributed by atoms with Gasteiger partial charge in [-0.2, -0.15) is 0 Å². The van der Waals surface area contributed by atoms with Gasteiger partial charge in [-0.3, -0.25) is 0 Å². The van der Waals surface area contributed by atoms with E-state index in [1.165, 1.54) is 5.56 Å². The molecule has 3 heteroatoms. The second kappa shape index (κ2) is 5.51. The van der Waals surface area contributed by atoms with E-state index in [-0.39, 0.29) is 0 Å². The molecule has 0 bridgehead atoms. The molecule has 0 aromatic carbocycles. The lowest BCUT2D eigenvalue weighted by molar-refractivity contribution is 0.907. The molecule has 1 atom stereocenters. The van der Waals surface area contributed by atoms with Crippen LogP contribution in [0.3, 0.4) is 0 Å². The van der Waals surface area contributed by atoms with Crippen molar-refractivity contribution in [1.29, 1.82) is 0 Å². The molecule has 1 aromatic rings. The minimum Gasteiger partial charge on any atom is -0.250 e. The zero-order valence-corrected chi connectivity index (χ0v) is 9.53. The maximum absolute atomic E-state index is 5.65. The number of alkyl halides is 1. The summed E-state index contributed by atoms with van der Waals surface area (Å²) in [5.41, 5.74) is 1.20. The van der Waals surface area contributed by atoms with Gasteiger partial charge >= 0.3 is 0 Å². The van der Waals surface area contributed by atoms with Crippen molar-refractivity contribution < 1.29 is 0 Å². The number of halogens is 1. The van der Waals surface area contributed by atoms with Gasteiger partial charge in [-0.15, -0.1) is 23.4 Å². The van der Waals surface area contributed by atoms with Gasteiger partial charge in [-0.1, -0.05) is 13.0 Å².